The van der Waals surface area contributed by atoms with Gasteiger partial charge in [-0.3, -0.25) is 4.79 Å². The highest BCUT2D eigenvalue weighted by Crippen LogP contribution is 2.27. The lowest BCUT2D eigenvalue weighted by molar-refractivity contribution is -0.650. The Balaban J connectivity index is 2.00. The third-order valence-electron chi connectivity index (χ3n) is 4.31. The molecule has 0 saturated heterocycles. The van der Waals surface area contributed by atoms with E-state index in [0.29, 0.717) is 29.2 Å². The monoisotopic (exact) mass is 353 g/mol. The number of H-pyrrole nitrogens is 1. The summed E-state index contributed by atoms with van der Waals surface area (Å²) in [6, 6.07) is 8.03. The highest BCUT2D eigenvalue weighted by molar-refractivity contribution is 6.03. The summed E-state index contributed by atoms with van der Waals surface area (Å²) in [4.78, 5) is 19.7. The number of amides is 1. The zero-order valence-corrected chi connectivity index (χ0v) is 15.9. The van der Waals surface area contributed by atoms with Crippen molar-refractivity contribution in [1.29, 1.82) is 0 Å². The first-order valence-corrected chi connectivity index (χ1v) is 8.74. The molecule has 3 aromatic rings. The average Bonchev–Trinajstić information content (AvgIpc) is 3.02. The minimum Gasteiger partial charge on any atom is -0.404 e. The predicted octanol–water partition coefficient (Wildman–Crippen LogP) is 3.23. The van der Waals surface area contributed by atoms with E-state index < -0.39 is 0 Å². The number of ether oxygens (including phenoxy) is 1. The summed E-state index contributed by atoms with van der Waals surface area (Å²) in [6.07, 6.45) is 3.33. The van der Waals surface area contributed by atoms with Crippen LogP contribution in [-0.2, 0) is 12.5 Å². The van der Waals surface area contributed by atoms with Crippen LogP contribution in [0.5, 0.6) is 11.6 Å². The van der Waals surface area contributed by atoms with E-state index in [4.69, 9.17) is 4.74 Å². The molecular weight excluding hydrogens is 328 g/mol. The molecule has 1 amide bonds. The van der Waals surface area contributed by atoms with E-state index in [0.717, 1.165) is 5.75 Å². The SMILES string of the molecule is CCNC(=O)c1c[nH]c2ncc(Oc3cccc(C(C)(C)C)c3)[n+](C)c12. The fourth-order valence-corrected chi connectivity index (χ4v) is 2.83. The number of benzene rings is 1. The molecule has 136 valence electrons. The first-order chi connectivity index (χ1) is 12.3. The molecule has 2 heterocycles. The van der Waals surface area contributed by atoms with Gasteiger partial charge in [-0.1, -0.05) is 32.9 Å². The van der Waals surface area contributed by atoms with Gasteiger partial charge in [0.15, 0.2) is 0 Å². The Bertz CT molecular complexity index is 954. The fourth-order valence-electron chi connectivity index (χ4n) is 2.83. The first kappa shape index (κ1) is 17.9. The van der Waals surface area contributed by atoms with E-state index in [1.165, 1.54) is 5.56 Å². The lowest BCUT2D eigenvalue weighted by atomic mass is 9.87. The molecule has 0 spiro atoms. The normalized spacial score (nSPS) is 11.6. The van der Waals surface area contributed by atoms with Crippen molar-refractivity contribution in [3.63, 3.8) is 0 Å². The number of carbonyl (C=O) groups is 1. The van der Waals surface area contributed by atoms with Crippen LogP contribution in [0.4, 0.5) is 0 Å². The van der Waals surface area contributed by atoms with Gasteiger partial charge in [0.1, 0.15) is 24.6 Å². The molecule has 26 heavy (non-hydrogen) atoms. The topological polar surface area (TPSA) is 70.9 Å². The Morgan fingerprint density at radius 1 is 1.35 bits per heavy atom. The Labute approximate surface area is 153 Å². The summed E-state index contributed by atoms with van der Waals surface area (Å²) >= 11 is 0. The Hall–Kier alpha value is -2.89. The quantitative estimate of drug-likeness (QED) is 0.708. The number of rotatable bonds is 4. The average molecular weight is 353 g/mol. The van der Waals surface area contributed by atoms with Gasteiger partial charge >= 0.3 is 5.88 Å². The van der Waals surface area contributed by atoms with E-state index in [9.17, 15) is 4.79 Å². The minimum absolute atomic E-state index is 0.0375. The standard InChI is InChI=1S/C20H24N4O2/c1-6-21-19(25)15-11-22-18-17(15)24(5)16(12-23-18)26-14-9-7-8-13(10-14)20(2,3)4/h7-12H,6H2,1-5H3,(H,21,25)/p+1. The summed E-state index contributed by atoms with van der Waals surface area (Å²) in [7, 11) is 1.86. The summed E-state index contributed by atoms with van der Waals surface area (Å²) in [5.41, 5.74) is 3.13. The molecule has 0 unspecified atom stereocenters. The Morgan fingerprint density at radius 3 is 2.81 bits per heavy atom. The van der Waals surface area contributed by atoms with Gasteiger partial charge in [0.2, 0.25) is 5.65 Å². The number of hydrogen-bond donors (Lipinski definition) is 2. The zero-order chi connectivity index (χ0) is 18.9. The molecular formula is C20H25N4O2+. The van der Waals surface area contributed by atoms with Crippen LogP contribution in [0.25, 0.3) is 11.2 Å². The van der Waals surface area contributed by atoms with Crippen molar-refractivity contribution in [3.05, 3.63) is 47.8 Å². The third kappa shape index (κ3) is 3.40. The van der Waals surface area contributed by atoms with Gasteiger partial charge in [0, 0.05) is 12.7 Å². The Morgan fingerprint density at radius 2 is 2.12 bits per heavy atom. The molecule has 0 aliphatic heterocycles. The van der Waals surface area contributed by atoms with Crippen LogP contribution in [0.15, 0.2) is 36.7 Å². The van der Waals surface area contributed by atoms with E-state index in [2.05, 4.69) is 42.1 Å². The molecule has 0 aliphatic rings. The van der Waals surface area contributed by atoms with Crippen LogP contribution in [-0.4, -0.2) is 22.4 Å². The molecule has 0 aliphatic carbocycles. The van der Waals surface area contributed by atoms with Crippen molar-refractivity contribution in [1.82, 2.24) is 15.3 Å². The van der Waals surface area contributed by atoms with E-state index in [-0.39, 0.29) is 11.3 Å². The maximum Gasteiger partial charge on any atom is 0.392 e. The number of fused-ring (bicyclic) bond motifs is 1. The molecule has 2 aromatic heterocycles. The lowest BCUT2D eigenvalue weighted by Crippen LogP contribution is -2.34. The maximum absolute atomic E-state index is 12.3. The molecule has 2 N–H and O–H groups in total. The molecule has 0 bridgehead atoms. The maximum atomic E-state index is 12.3. The molecule has 1 aromatic carbocycles. The third-order valence-corrected chi connectivity index (χ3v) is 4.31. The number of nitrogens with zero attached hydrogens (tertiary/aromatic N) is 2. The van der Waals surface area contributed by atoms with Crippen LogP contribution >= 0.6 is 0 Å². The van der Waals surface area contributed by atoms with Crippen molar-refractivity contribution < 1.29 is 14.1 Å². The lowest BCUT2D eigenvalue weighted by Gasteiger charge is -2.19. The van der Waals surface area contributed by atoms with Crippen molar-refractivity contribution in [3.8, 4) is 11.6 Å². The summed E-state index contributed by atoms with van der Waals surface area (Å²) < 4.78 is 7.91. The molecule has 6 nitrogen and oxygen atoms in total. The second kappa shape index (κ2) is 6.78. The molecule has 0 atom stereocenters. The molecule has 0 radical (unpaired) electrons. The van der Waals surface area contributed by atoms with Gasteiger partial charge in [0.25, 0.3) is 11.4 Å². The predicted molar refractivity (Wildman–Crippen MR) is 100 cm³/mol. The smallest absolute Gasteiger partial charge is 0.392 e. The summed E-state index contributed by atoms with van der Waals surface area (Å²) in [6.45, 7) is 8.95. The summed E-state index contributed by atoms with van der Waals surface area (Å²) in [5, 5.41) is 2.82. The van der Waals surface area contributed by atoms with Crippen LogP contribution in [0.3, 0.4) is 0 Å². The number of aromatic nitrogens is 3. The van der Waals surface area contributed by atoms with Crippen molar-refractivity contribution in [2.45, 2.75) is 33.1 Å². The number of aromatic amines is 1. The van der Waals surface area contributed by atoms with E-state index in [1.807, 2.05) is 36.7 Å². The van der Waals surface area contributed by atoms with Gasteiger partial charge in [-0.05, 0) is 30.0 Å². The van der Waals surface area contributed by atoms with Crippen LogP contribution in [0.2, 0.25) is 0 Å². The number of nitrogens with one attached hydrogen (secondary N) is 2. The minimum atomic E-state index is -0.136. The highest BCUT2D eigenvalue weighted by Gasteiger charge is 2.24. The molecule has 3 rings (SSSR count). The Kier molecular flexibility index (Phi) is 4.68. The first-order valence-electron chi connectivity index (χ1n) is 8.74. The van der Waals surface area contributed by atoms with Crippen LogP contribution < -0.4 is 14.6 Å². The second-order valence-electron chi connectivity index (χ2n) is 7.29. The fraction of sp³-hybridized carbons (Fsp3) is 0.350. The van der Waals surface area contributed by atoms with Crippen molar-refractivity contribution >= 4 is 17.1 Å². The zero-order valence-electron chi connectivity index (χ0n) is 15.9. The summed E-state index contributed by atoms with van der Waals surface area (Å²) in [5.74, 6) is 1.17. The van der Waals surface area contributed by atoms with Gasteiger partial charge in [-0.25, -0.2) is 4.98 Å². The second-order valence-corrected chi connectivity index (χ2v) is 7.29. The van der Waals surface area contributed by atoms with Crippen molar-refractivity contribution in [2.75, 3.05) is 6.54 Å². The molecule has 0 fully saturated rings. The van der Waals surface area contributed by atoms with Crippen LogP contribution in [0, 0.1) is 0 Å². The number of hydrogen-bond acceptors (Lipinski definition) is 3. The van der Waals surface area contributed by atoms with E-state index >= 15 is 0 Å². The molecule has 0 saturated carbocycles. The van der Waals surface area contributed by atoms with Crippen LogP contribution in [0.1, 0.15) is 43.6 Å². The number of aryl methyl sites for hydroxylation is 1. The molecule has 6 heteroatoms. The van der Waals surface area contributed by atoms with E-state index in [1.54, 1.807) is 12.4 Å². The highest BCUT2D eigenvalue weighted by atomic mass is 16.5. The van der Waals surface area contributed by atoms with Gasteiger partial charge in [0.05, 0.1) is 0 Å². The van der Waals surface area contributed by atoms with Gasteiger partial charge in [-0.2, -0.15) is 4.57 Å². The van der Waals surface area contributed by atoms with Crippen molar-refractivity contribution in [2.24, 2.45) is 7.05 Å². The van der Waals surface area contributed by atoms with Gasteiger partial charge in [-0.15, -0.1) is 0 Å². The largest absolute Gasteiger partial charge is 0.404 e. The van der Waals surface area contributed by atoms with Gasteiger partial charge < -0.3 is 15.0 Å². The number of carbonyl (C=O) groups excluding carboxylic acids is 1.